The predicted molar refractivity (Wildman–Crippen MR) is 82.7 cm³/mol. The van der Waals surface area contributed by atoms with E-state index in [-0.39, 0.29) is 5.91 Å². The highest BCUT2D eigenvalue weighted by Crippen LogP contribution is 2.30. The van der Waals surface area contributed by atoms with E-state index in [4.69, 9.17) is 17.3 Å². The maximum absolute atomic E-state index is 12.3. The molecule has 1 amide bonds. The van der Waals surface area contributed by atoms with Gasteiger partial charge in [0.25, 0.3) is 0 Å². The lowest BCUT2D eigenvalue weighted by atomic mass is 9.76. The van der Waals surface area contributed by atoms with E-state index in [9.17, 15) is 4.79 Å². The third-order valence-corrected chi connectivity index (χ3v) is 4.35. The fraction of sp³-hybridized carbons (Fsp3) is 0.562. The van der Waals surface area contributed by atoms with Crippen molar-refractivity contribution in [3.8, 4) is 0 Å². The Kier molecular flexibility index (Phi) is 5.06. The fourth-order valence-electron chi connectivity index (χ4n) is 2.95. The van der Waals surface area contributed by atoms with Crippen molar-refractivity contribution in [3.63, 3.8) is 0 Å². The van der Waals surface area contributed by atoms with Crippen molar-refractivity contribution < 1.29 is 4.79 Å². The molecule has 0 radical (unpaired) electrons. The van der Waals surface area contributed by atoms with Crippen molar-refractivity contribution in [3.05, 3.63) is 34.9 Å². The van der Waals surface area contributed by atoms with Crippen LogP contribution < -0.4 is 11.1 Å². The van der Waals surface area contributed by atoms with E-state index in [1.165, 1.54) is 6.42 Å². The van der Waals surface area contributed by atoms with Gasteiger partial charge in [-0.3, -0.25) is 4.79 Å². The standard InChI is InChI=1S/C16H23ClN2O/c1-12-3-2-9-16(18,11-12)15(20)19-10-8-13-4-6-14(17)7-5-13/h4-7,12H,2-3,8-11,18H2,1H3,(H,19,20). The molecular formula is C16H23ClN2O. The third-order valence-electron chi connectivity index (χ3n) is 4.10. The van der Waals surface area contributed by atoms with E-state index in [2.05, 4.69) is 12.2 Å². The van der Waals surface area contributed by atoms with Crippen LogP contribution >= 0.6 is 11.6 Å². The first-order valence-electron chi connectivity index (χ1n) is 7.31. The molecule has 0 heterocycles. The highest BCUT2D eigenvalue weighted by molar-refractivity contribution is 6.30. The van der Waals surface area contributed by atoms with Gasteiger partial charge in [0.15, 0.2) is 0 Å². The summed E-state index contributed by atoms with van der Waals surface area (Å²) in [6, 6.07) is 7.70. The van der Waals surface area contributed by atoms with E-state index < -0.39 is 5.54 Å². The van der Waals surface area contributed by atoms with Crippen molar-refractivity contribution >= 4 is 17.5 Å². The zero-order valence-corrected chi connectivity index (χ0v) is 12.7. The van der Waals surface area contributed by atoms with Crippen LogP contribution in [0.1, 0.15) is 38.2 Å². The summed E-state index contributed by atoms with van der Waals surface area (Å²) >= 11 is 5.84. The van der Waals surface area contributed by atoms with Crippen LogP contribution in [0.25, 0.3) is 0 Å². The molecule has 1 saturated carbocycles. The summed E-state index contributed by atoms with van der Waals surface area (Å²) in [5.41, 5.74) is 6.76. The molecule has 0 aliphatic heterocycles. The normalized spacial score (nSPS) is 26.2. The van der Waals surface area contributed by atoms with Crippen LogP contribution in [0.3, 0.4) is 0 Å². The minimum atomic E-state index is -0.669. The first kappa shape index (κ1) is 15.3. The Hall–Kier alpha value is -1.06. The van der Waals surface area contributed by atoms with Crippen LogP contribution in [0.2, 0.25) is 5.02 Å². The molecule has 0 bridgehead atoms. The molecule has 2 unspecified atom stereocenters. The molecule has 1 aliphatic rings. The lowest BCUT2D eigenvalue weighted by molar-refractivity contribution is -0.128. The molecule has 1 fully saturated rings. The molecule has 0 saturated heterocycles. The van der Waals surface area contributed by atoms with Gasteiger partial charge in [-0.05, 0) is 42.9 Å². The SMILES string of the molecule is CC1CCCC(N)(C(=O)NCCc2ccc(Cl)cc2)C1. The number of carbonyl (C=O) groups excluding carboxylic acids is 1. The third kappa shape index (κ3) is 3.97. The Labute approximate surface area is 125 Å². The number of nitrogens with two attached hydrogens (primary N) is 1. The summed E-state index contributed by atoms with van der Waals surface area (Å²) in [5, 5.41) is 3.71. The Morgan fingerprint density at radius 3 is 2.80 bits per heavy atom. The molecule has 0 spiro atoms. The largest absolute Gasteiger partial charge is 0.354 e. The molecule has 20 heavy (non-hydrogen) atoms. The van der Waals surface area contributed by atoms with Crippen molar-refractivity contribution in [1.29, 1.82) is 0 Å². The van der Waals surface area contributed by atoms with E-state index in [0.29, 0.717) is 12.5 Å². The Bertz CT molecular complexity index is 460. The number of carbonyl (C=O) groups is 1. The monoisotopic (exact) mass is 294 g/mol. The first-order chi connectivity index (χ1) is 9.49. The summed E-state index contributed by atoms with van der Waals surface area (Å²) in [6.45, 7) is 2.79. The maximum Gasteiger partial charge on any atom is 0.240 e. The van der Waals surface area contributed by atoms with Crippen molar-refractivity contribution in [1.82, 2.24) is 5.32 Å². The van der Waals surface area contributed by atoms with Crippen LogP contribution in [0.5, 0.6) is 0 Å². The fourth-order valence-corrected chi connectivity index (χ4v) is 3.07. The lowest BCUT2D eigenvalue weighted by Gasteiger charge is -2.35. The van der Waals surface area contributed by atoms with Crippen LogP contribution in [-0.4, -0.2) is 18.0 Å². The average Bonchev–Trinajstić information content (AvgIpc) is 2.40. The molecule has 110 valence electrons. The Morgan fingerprint density at radius 1 is 1.45 bits per heavy atom. The number of halogens is 1. The van der Waals surface area contributed by atoms with Crippen molar-refractivity contribution in [2.75, 3.05) is 6.54 Å². The summed E-state index contributed by atoms with van der Waals surface area (Å²) in [5.74, 6) is 0.536. The number of rotatable bonds is 4. The van der Waals surface area contributed by atoms with Gasteiger partial charge in [-0.15, -0.1) is 0 Å². The van der Waals surface area contributed by atoms with Crippen LogP contribution in [-0.2, 0) is 11.2 Å². The van der Waals surface area contributed by atoms with Crippen LogP contribution in [0.15, 0.2) is 24.3 Å². The predicted octanol–water partition coefficient (Wildman–Crippen LogP) is 2.91. The van der Waals surface area contributed by atoms with Gasteiger partial charge in [-0.1, -0.05) is 43.5 Å². The van der Waals surface area contributed by atoms with E-state index in [1.807, 2.05) is 24.3 Å². The smallest absolute Gasteiger partial charge is 0.240 e. The average molecular weight is 295 g/mol. The van der Waals surface area contributed by atoms with E-state index in [0.717, 1.165) is 36.3 Å². The van der Waals surface area contributed by atoms with E-state index >= 15 is 0 Å². The number of nitrogens with one attached hydrogen (secondary N) is 1. The molecule has 1 aromatic carbocycles. The molecule has 1 aliphatic carbocycles. The number of amides is 1. The van der Waals surface area contributed by atoms with Gasteiger partial charge in [0.2, 0.25) is 5.91 Å². The van der Waals surface area contributed by atoms with Gasteiger partial charge in [0, 0.05) is 11.6 Å². The molecule has 0 aromatic heterocycles. The number of hydrogen-bond donors (Lipinski definition) is 2. The van der Waals surface area contributed by atoms with Gasteiger partial charge < -0.3 is 11.1 Å². The molecule has 1 aromatic rings. The minimum Gasteiger partial charge on any atom is -0.354 e. The van der Waals surface area contributed by atoms with Gasteiger partial charge in [0.1, 0.15) is 0 Å². The molecule has 3 N–H and O–H groups in total. The zero-order valence-electron chi connectivity index (χ0n) is 12.0. The summed E-state index contributed by atoms with van der Waals surface area (Å²) in [7, 11) is 0. The summed E-state index contributed by atoms with van der Waals surface area (Å²) in [4.78, 5) is 12.3. The molecule has 2 rings (SSSR count). The highest BCUT2D eigenvalue weighted by atomic mass is 35.5. The number of hydrogen-bond acceptors (Lipinski definition) is 2. The second-order valence-electron chi connectivity index (χ2n) is 5.99. The summed E-state index contributed by atoms with van der Waals surface area (Å²) in [6.07, 6.45) is 4.61. The van der Waals surface area contributed by atoms with E-state index in [1.54, 1.807) is 0 Å². The zero-order chi connectivity index (χ0) is 14.6. The Morgan fingerprint density at radius 2 is 2.15 bits per heavy atom. The number of benzene rings is 1. The van der Waals surface area contributed by atoms with Gasteiger partial charge in [-0.2, -0.15) is 0 Å². The first-order valence-corrected chi connectivity index (χ1v) is 7.69. The van der Waals surface area contributed by atoms with Crippen LogP contribution in [0.4, 0.5) is 0 Å². The molecule has 2 atom stereocenters. The van der Waals surface area contributed by atoms with Crippen molar-refractivity contribution in [2.45, 2.75) is 44.6 Å². The quantitative estimate of drug-likeness (QED) is 0.897. The van der Waals surface area contributed by atoms with Crippen LogP contribution in [0, 0.1) is 5.92 Å². The second kappa shape index (κ2) is 6.59. The van der Waals surface area contributed by atoms with Crippen molar-refractivity contribution in [2.24, 2.45) is 11.7 Å². The van der Waals surface area contributed by atoms with Gasteiger partial charge >= 0.3 is 0 Å². The highest BCUT2D eigenvalue weighted by Gasteiger charge is 2.37. The molecule has 3 nitrogen and oxygen atoms in total. The molecule has 4 heteroatoms. The lowest BCUT2D eigenvalue weighted by Crippen LogP contribution is -2.56. The maximum atomic E-state index is 12.3. The summed E-state index contributed by atoms with van der Waals surface area (Å²) < 4.78 is 0. The molecular weight excluding hydrogens is 272 g/mol. The topological polar surface area (TPSA) is 55.1 Å². The van der Waals surface area contributed by atoms with Gasteiger partial charge in [-0.25, -0.2) is 0 Å². The minimum absolute atomic E-state index is 0.00184. The van der Waals surface area contributed by atoms with Gasteiger partial charge in [0.05, 0.1) is 5.54 Å². The Balaban J connectivity index is 1.81. The second-order valence-corrected chi connectivity index (χ2v) is 6.43.